The van der Waals surface area contributed by atoms with Crippen LogP contribution in [0.2, 0.25) is 10.0 Å². The van der Waals surface area contributed by atoms with Crippen LogP contribution in [0.3, 0.4) is 0 Å². The third kappa shape index (κ3) is 4.16. The number of benzene rings is 3. The molecule has 1 heterocycles. The van der Waals surface area contributed by atoms with Crippen molar-refractivity contribution >= 4 is 46.3 Å². The first-order chi connectivity index (χ1) is 15.3. The van der Waals surface area contributed by atoms with Crippen LogP contribution < -0.4 is 5.32 Å². The minimum absolute atomic E-state index is 0.0887. The summed E-state index contributed by atoms with van der Waals surface area (Å²) in [6.07, 6.45) is 0. The molecule has 32 heavy (non-hydrogen) atoms. The van der Waals surface area contributed by atoms with Crippen molar-refractivity contribution in [3.05, 3.63) is 104 Å². The van der Waals surface area contributed by atoms with E-state index in [1.54, 1.807) is 18.2 Å². The normalized spacial score (nSPS) is 13.8. The van der Waals surface area contributed by atoms with Crippen molar-refractivity contribution in [3.63, 3.8) is 0 Å². The number of halogens is 2. The maximum atomic E-state index is 13.6. The van der Waals surface area contributed by atoms with Gasteiger partial charge in [-0.3, -0.25) is 14.5 Å². The average Bonchev–Trinajstić information content (AvgIpc) is 2.97. The smallest absolute Gasteiger partial charge is 0.278 e. The molecule has 4 nitrogen and oxygen atoms in total. The lowest BCUT2D eigenvalue weighted by atomic mass is 9.97. The molecule has 0 atom stereocenters. The highest BCUT2D eigenvalue weighted by Crippen LogP contribution is 2.35. The number of rotatable bonds is 5. The second kappa shape index (κ2) is 8.81. The largest absolute Gasteiger partial charge is 0.350 e. The Morgan fingerprint density at radius 3 is 2.31 bits per heavy atom. The molecule has 0 radical (unpaired) electrons. The molecule has 1 aliphatic rings. The van der Waals surface area contributed by atoms with E-state index in [0.29, 0.717) is 26.9 Å². The van der Waals surface area contributed by atoms with E-state index >= 15 is 0 Å². The number of carbonyl (C=O) groups is 2. The van der Waals surface area contributed by atoms with E-state index < -0.39 is 5.91 Å². The number of nitrogens with zero attached hydrogens (tertiary/aromatic N) is 1. The van der Waals surface area contributed by atoms with Crippen molar-refractivity contribution in [2.24, 2.45) is 0 Å². The number of anilines is 1. The lowest BCUT2D eigenvalue weighted by Crippen LogP contribution is -2.32. The summed E-state index contributed by atoms with van der Waals surface area (Å²) in [5.41, 5.74) is 5.59. The van der Waals surface area contributed by atoms with Gasteiger partial charge in [0.1, 0.15) is 5.70 Å². The molecule has 0 spiro atoms. The van der Waals surface area contributed by atoms with Gasteiger partial charge in [-0.2, -0.15) is 0 Å². The second-order valence-corrected chi connectivity index (χ2v) is 8.78. The second-order valence-electron chi connectivity index (χ2n) is 7.94. The van der Waals surface area contributed by atoms with Crippen molar-refractivity contribution in [2.45, 2.75) is 27.3 Å². The lowest BCUT2D eigenvalue weighted by Gasteiger charge is -2.16. The van der Waals surface area contributed by atoms with Gasteiger partial charge in [-0.1, -0.05) is 71.2 Å². The first-order valence-corrected chi connectivity index (χ1v) is 11.0. The van der Waals surface area contributed by atoms with Crippen LogP contribution in [0, 0.1) is 20.8 Å². The summed E-state index contributed by atoms with van der Waals surface area (Å²) in [7, 11) is 0. The Hall–Kier alpha value is -3.08. The average molecular weight is 465 g/mol. The molecule has 0 saturated carbocycles. The first-order valence-electron chi connectivity index (χ1n) is 10.2. The Bertz CT molecular complexity index is 1280. The standard InChI is InChI=1S/C26H22Cl2N2O2/c1-15-8-11-20(17(3)12-15)23-24(29-22-13-19(27)10-9-16(22)2)26(32)30(25(23)31)14-18-6-4-5-7-21(18)28/h4-13,29H,14H2,1-3H3. The number of nitrogens with one attached hydrogen (secondary N) is 1. The number of aryl methyl sites for hydroxylation is 3. The molecule has 0 aliphatic carbocycles. The zero-order chi connectivity index (χ0) is 23.0. The van der Waals surface area contributed by atoms with E-state index in [1.165, 1.54) is 4.90 Å². The third-order valence-electron chi connectivity index (χ3n) is 5.56. The summed E-state index contributed by atoms with van der Waals surface area (Å²) in [5, 5.41) is 4.25. The van der Waals surface area contributed by atoms with Crippen LogP contribution in [0.4, 0.5) is 5.69 Å². The fourth-order valence-corrected chi connectivity index (χ4v) is 4.21. The Morgan fingerprint density at radius 1 is 0.844 bits per heavy atom. The van der Waals surface area contributed by atoms with E-state index in [2.05, 4.69) is 5.32 Å². The van der Waals surface area contributed by atoms with E-state index in [9.17, 15) is 9.59 Å². The van der Waals surface area contributed by atoms with Gasteiger partial charge < -0.3 is 5.32 Å². The molecule has 3 aromatic carbocycles. The van der Waals surface area contributed by atoms with Crippen LogP contribution in [-0.4, -0.2) is 16.7 Å². The number of hydrogen-bond donors (Lipinski definition) is 1. The highest BCUT2D eigenvalue weighted by atomic mass is 35.5. The minimum atomic E-state index is -0.399. The fourth-order valence-electron chi connectivity index (χ4n) is 3.84. The van der Waals surface area contributed by atoms with E-state index in [-0.39, 0.29) is 18.1 Å². The molecule has 0 aromatic heterocycles. The van der Waals surface area contributed by atoms with Crippen molar-refractivity contribution in [1.82, 2.24) is 4.90 Å². The van der Waals surface area contributed by atoms with Crippen molar-refractivity contribution in [3.8, 4) is 0 Å². The highest BCUT2D eigenvalue weighted by Gasteiger charge is 2.40. The lowest BCUT2D eigenvalue weighted by molar-refractivity contribution is -0.137. The maximum Gasteiger partial charge on any atom is 0.278 e. The van der Waals surface area contributed by atoms with Gasteiger partial charge in [0, 0.05) is 15.7 Å². The van der Waals surface area contributed by atoms with Gasteiger partial charge in [-0.15, -0.1) is 0 Å². The number of imide groups is 1. The van der Waals surface area contributed by atoms with Crippen molar-refractivity contribution < 1.29 is 9.59 Å². The first kappa shape index (κ1) is 22.1. The molecule has 1 N–H and O–H groups in total. The molecular formula is C26H22Cl2N2O2. The van der Waals surface area contributed by atoms with Crippen LogP contribution in [0.1, 0.15) is 27.8 Å². The predicted molar refractivity (Wildman–Crippen MR) is 130 cm³/mol. The van der Waals surface area contributed by atoms with Crippen LogP contribution in [0.15, 0.2) is 66.4 Å². The summed E-state index contributed by atoms with van der Waals surface area (Å²) >= 11 is 12.5. The van der Waals surface area contributed by atoms with Gasteiger partial charge >= 0.3 is 0 Å². The topological polar surface area (TPSA) is 49.4 Å². The zero-order valence-corrected chi connectivity index (χ0v) is 19.5. The van der Waals surface area contributed by atoms with E-state index in [4.69, 9.17) is 23.2 Å². The Balaban J connectivity index is 1.82. The van der Waals surface area contributed by atoms with Gasteiger partial charge in [0.05, 0.1) is 12.1 Å². The number of amides is 2. The molecule has 162 valence electrons. The molecular weight excluding hydrogens is 443 g/mol. The van der Waals surface area contributed by atoms with Gasteiger partial charge in [0.15, 0.2) is 0 Å². The molecule has 2 amide bonds. The SMILES string of the molecule is Cc1ccc(C2=C(Nc3cc(Cl)ccc3C)C(=O)N(Cc3ccccc3Cl)C2=O)c(C)c1. The number of carbonyl (C=O) groups excluding carboxylic acids is 2. The Morgan fingerprint density at radius 2 is 1.59 bits per heavy atom. The summed E-state index contributed by atoms with van der Waals surface area (Å²) in [5.74, 6) is -0.756. The maximum absolute atomic E-state index is 13.6. The summed E-state index contributed by atoms with van der Waals surface area (Å²) in [4.78, 5) is 28.3. The molecule has 4 rings (SSSR count). The van der Waals surface area contributed by atoms with Crippen molar-refractivity contribution in [1.29, 1.82) is 0 Å². The van der Waals surface area contributed by atoms with Gasteiger partial charge in [-0.05, 0) is 61.2 Å². The van der Waals surface area contributed by atoms with Crippen LogP contribution in [0.25, 0.3) is 5.57 Å². The molecule has 0 fully saturated rings. The molecule has 3 aromatic rings. The molecule has 6 heteroatoms. The third-order valence-corrected chi connectivity index (χ3v) is 6.17. The van der Waals surface area contributed by atoms with Gasteiger partial charge in [0.2, 0.25) is 0 Å². The van der Waals surface area contributed by atoms with Crippen LogP contribution >= 0.6 is 23.2 Å². The monoisotopic (exact) mass is 464 g/mol. The van der Waals surface area contributed by atoms with E-state index in [1.807, 2.05) is 63.2 Å². The molecule has 0 unspecified atom stereocenters. The highest BCUT2D eigenvalue weighted by molar-refractivity contribution is 6.37. The summed E-state index contributed by atoms with van der Waals surface area (Å²) in [6.45, 7) is 5.93. The minimum Gasteiger partial charge on any atom is -0.350 e. The Kier molecular flexibility index (Phi) is 6.09. The van der Waals surface area contributed by atoms with Crippen LogP contribution in [-0.2, 0) is 16.1 Å². The van der Waals surface area contributed by atoms with Crippen molar-refractivity contribution in [2.75, 3.05) is 5.32 Å². The fraction of sp³-hybridized carbons (Fsp3) is 0.154. The number of hydrogen-bond acceptors (Lipinski definition) is 3. The van der Waals surface area contributed by atoms with E-state index in [0.717, 1.165) is 22.3 Å². The Labute approximate surface area is 197 Å². The van der Waals surface area contributed by atoms with Crippen LogP contribution in [0.5, 0.6) is 0 Å². The summed E-state index contributed by atoms with van der Waals surface area (Å²) < 4.78 is 0. The van der Waals surface area contributed by atoms with Gasteiger partial charge in [0.25, 0.3) is 11.8 Å². The quantitative estimate of drug-likeness (QED) is 0.449. The molecule has 0 bridgehead atoms. The molecule has 0 saturated heterocycles. The zero-order valence-electron chi connectivity index (χ0n) is 18.0. The molecule has 1 aliphatic heterocycles. The summed E-state index contributed by atoms with van der Waals surface area (Å²) in [6, 6.07) is 18.4. The van der Waals surface area contributed by atoms with Gasteiger partial charge in [-0.25, -0.2) is 0 Å². The predicted octanol–water partition coefficient (Wildman–Crippen LogP) is 6.31.